The Morgan fingerprint density at radius 1 is 0.964 bits per heavy atom. The highest BCUT2D eigenvalue weighted by Gasteiger charge is 2.29. The largest absolute Gasteiger partial charge is 0.325 e. The van der Waals surface area contributed by atoms with Gasteiger partial charge in [0, 0.05) is 37.3 Å². The van der Waals surface area contributed by atoms with E-state index in [0.717, 1.165) is 11.3 Å². The highest BCUT2D eigenvalue weighted by molar-refractivity contribution is 7.92. The minimum atomic E-state index is -3.47. The maximum absolute atomic E-state index is 12.6. The van der Waals surface area contributed by atoms with Gasteiger partial charge in [-0.3, -0.25) is 9.69 Å². The zero-order valence-corrected chi connectivity index (χ0v) is 16.7. The van der Waals surface area contributed by atoms with E-state index in [9.17, 15) is 13.2 Å². The first kappa shape index (κ1) is 20.3. The van der Waals surface area contributed by atoms with Crippen LogP contribution in [0.3, 0.4) is 0 Å². The van der Waals surface area contributed by atoms with E-state index in [0.29, 0.717) is 26.2 Å². The molecule has 1 aliphatic rings. The average Bonchev–Trinajstić information content (AvgIpc) is 2.73. The Labute approximate surface area is 166 Å². The van der Waals surface area contributed by atoms with E-state index in [-0.39, 0.29) is 11.9 Å². The SMILES string of the molecule is CC(C(=O)Nc1ccccc1)N1CCN(S(=O)(=O)/C=C/c2ccccc2)CC1. The molecule has 0 radical (unpaired) electrons. The summed E-state index contributed by atoms with van der Waals surface area (Å²) in [6.45, 7) is 3.61. The molecule has 1 atom stereocenters. The smallest absolute Gasteiger partial charge is 0.241 e. The fourth-order valence-electron chi connectivity index (χ4n) is 3.09. The van der Waals surface area contributed by atoms with Gasteiger partial charge in [0.15, 0.2) is 0 Å². The quantitative estimate of drug-likeness (QED) is 0.811. The predicted molar refractivity (Wildman–Crippen MR) is 112 cm³/mol. The number of carbonyl (C=O) groups excluding carboxylic acids is 1. The molecular formula is C21H25N3O3S. The van der Waals surface area contributed by atoms with Gasteiger partial charge in [-0.15, -0.1) is 0 Å². The predicted octanol–water partition coefficient (Wildman–Crippen LogP) is 2.63. The number of sulfonamides is 1. The van der Waals surface area contributed by atoms with E-state index < -0.39 is 10.0 Å². The van der Waals surface area contributed by atoms with Gasteiger partial charge >= 0.3 is 0 Å². The van der Waals surface area contributed by atoms with Crippen molar-refractivity contribution in [2.24, 2.45) is 0 Å². The van der Waals surface area contributed by atoms with Crippen LogP contribution in [0.5, 0.6) is 0 Å². The van der Waals surface area contributed by atoms with E-state index in [1.54, 1.807) is 6.08 Å². The number of carbonyl (C=O) groups is 1. The second kappa shape index (κ2) is 9.14. The van der Waals surface area contributed by atoms with Gasteiger partial charge in [0.25, 0.3) is 0 Å². The standard InChI is InChI=1S/C21H25N3O3S/c1-18(21(25)22-20-10-6-3-7-11-20)23-13-15-24(16-14-23)28(26,27)17-12-19-8-4-2-5-9-19/h2-12,17-18H,13-16H2,1H3,(H,22,25)/b17-12+. The van der Waals surface area contributed by atoms with Crippen molar-refractivity contribution in [3.63, 3.8) is 0 Å². The molecule has 1 aliphatic heterocycles. The number of hydrogen-bond acceptors (Lipinski definition) is 4. The van der Waals surface area contributed by atoms with Crippen LogP contribution in [0, 0.1) is 0 Å². The second-order valence-corrected chi connectivity index (χ2v) is 8.54. The summed E-state index contributed by atoms with van der Waals surface area (Å²) in [5.41, 5.74) is 1.60. The molecule has 1 saturated heterocycles. The average molecular weight is 400 g/mol. The van der Waals surface area contributed by atoms with Gasteiger partial charge < -0.3 is 5.32 Å². The number of nitrogens with zero attached hydrogens (tertiary/aromatic N) is 2. The van der Waals surface area contributed by atoms with Gasteiger partial charge in [-0.05, 0) is 30.7 Å². The zero-order valence-electron chi connectivity index (χ0n) is 15.9. The van der Waals surface area contributed by atoms with Crippen molar-refractivity contribution in [3.8, 4) is 0 Å². The molecule has 0 bridgehead atoms. The monoisotopic (exact) mass is 399 g/mol. The summed E-state index contributed by atoms with van der Waals surface area (Å²) in [6, 6.07) is 18.3. The minimum absolute atomic E-state index is 0.0912. The fourth-order valence-corrected chi connectivity index (χ4v) is 4.27. The summed E-state index contributed by atoms with van der Waals surface area (Å²) in [4.78, 5) is 14.5. The van der Waals surface area contributed by atoms with Crippen molar-refractivity contribution in [1.29, 1.82) is 0 Å². The Bertz CT molecular complexity index is 906. The Morgan fingerprint density at radius 3 is 2.14 bits per heavy atom. The summed E-state index contributed by atoms with van der Waals surface area (Å²) in [5.74, 6) is -0.0912. The maximum atomic E-state index is 12.6. The van der Waals surface area contributed by atoms with Gasteiger partial charge in [-0.25, -0.2) is 8.42 Å². The number of anilines is 1. The van der Waals surface area contributed by atoms with Crippen molar-refractivity contribution in [3.05, 3.63) is 71.6 Å². The Kier molecular flexibility index (Phi) is 6.61. The molecule has 0 spiro atoms. The van der Waals surface area contributed by atoms with Gasteiger partial charge in [0.1, 0.15) is 0 Å². The van der Waals surface area contributed by atoms with Crippen LogP contribution in [0.4, 0.5) is 5.69 Å². The number of rotatable bonds is 6. The fraction of sp³-hybridized carbons (Fsp3) is 0.286. The highest BCUT2D eigenvalue weighted by atomic mass is 32.2. The minimum Gasteiger partial charge on any atom is -0.325 e. The molecule has 148 valence electrons. The second-order valence-electron chi connectivity index (χ2n) is 6.72. The molecule has 2 aromatic carbocycles. The first-order chi connectivity index (χ1) is 13.5. The molecule has 1 N–H and O–H groups in total. The van der Waals surface area contributed by atoms with Crippen LogP contribution >= 0.6 is 0 Å². The van der Waals surface area contributed by atoms with Crippen molar-refractivity contribution in [2.75, 3.05) is 31.5 Å². The van der Waals surface area contributed by atoms with Crippen LogP contribution in [-0.2, 0) is 14.8 Å². The number of hydrogen-bond donors (Lipinski definition) is 1. The third kappa shape index (κ3) is 5.28. The number of amides is 1. The molecular weight excluding hydrogens is 374 g/mol. The molecule has 3 rings (SSSR count). The van der Waals surface area contributed by atoms with Crippen LogP contribution in [0.15, 0.2) is 66.1 Å². The lowest BCUT2D eigenvalue weighted by atomic mass is 10.2. The highest BCUT2D eigenvalue weighted by Crippen LogP contribution is 2.14. The summed E-state index contributed by atoms with van der Waals surface area (Å²) in [6.07, 6.45) is 1.61. The molecule has 1 unspecified atom stereocenters. The first-order valence-corrected chi connectivity index (χ1v) is 10.8. The third-order valence-electron chi connectivity index (χ3n) is 4.83. The lowest BCUT2D eigenvalue weighted by Gasteiger charge is -2.36. The molecule has 1 amide bonds. The molecule has 1 fully saturated rings. The Balaban J connectivity index is 1.54. The Hall–Kier alpha value is -2.48. The van der Waals surface area contributed by atoms with Crippen LogP contribution in [0.25, 0.3) is 6.08 Å². The van der Waals surface area contributed by atoms with Crippen molar-refractivity contribution >= 4 is 27.7 Å². The lowest BCUT2D eigenvalue weighted by molar-refractivity contribution is -0.121. The van der Waals surface area contributed by atoms with Gasteiger partial charge in [-0.1, -0.05) is 48.5 Å². The number of benzene rings is 2. The summed E-state index contributed by atoms with van der Waals surface area (Å²) < 4.78 is 26.6. The van der Waals surface area contributed by atoms with Gasteiger partial charge in [0.2, 0.25) is 15.9 Å². The van der Waals surface area contributed by atoms with Crippen LogP contribution < -0.4 is 5.32 Å². The Morgan fingerprint density at radius 2 is 1.54 bits per heavy atom. The van der Waals surface area contributed by atoms with Crippen molar-refractivity contribution in [1.82, 2.24) is 9.21 Å². The first-order valence-electron chi connectivity index (χ1n) is 9.29. The lowest BCUT2D eigenvalue weighted by Crippen LogP contribution is -2.53. The van der Waals surface area contributed by atoms with Gasteiger partial charge in [-0.2, -0.15) is 4.31 Å². The molecule has 0 aromatic heterocycles. The third-order valence-corrected chi connectivity index (χ3v) is 6.40. The zero-order chi connectivity index (χ0) is 20.0. The molecule has 0 saturated carbocycles. The number of para-hydroxylation sites is 1. The molecule has 7 heteroatoms. The molecule has 2 aromatic rings. The van der Waals surface area contributed by atoms with Gasteiger partial charge in [0.05, 0.1) is 6.04 Å². The topological polar surface area (TPSA) is 69.7 Å². The maximum Gasteiger partial charge on any atom is 0.241 e. The number of piperazine rings is 1. The van der Waals surface area contributed by atoms with Crippen molar-refractivity contribution < 1.29 is 13.2 Å². The van der Waals surface area contributed by atoms with Crippen LogP contribution in [-0.4, -0.2) is 55.8 Å². The van der Waals surface area contributed by atoms with Crippen molar-refractivity contribution in [2.45, 2.75) is 13.0 Å². The van der Waals surface area contributed by atoms with Crippen LogP contribution in [0.2, 0.25) is 0 Å². The van der Waals surface area contributed by atoms with Crippen LogP contribution in [0.1, 0.15) is 12.5 Å². The molecule has 28 heavy (non-hydrogen) atoms. The summed E-state index contributed by atoms with van der Waals surface area (Å²) in [5, 5.41) is 4.15. The van der Waals surface area contributed by atoms with E-state index in [2.05, 4.69) is 5.32 Å². The number of nitrogens with one attached hydrogen (secondary N) is 1. The summed E-state index contributed by atoms with van der Waals surface area (Å²) in [7, 11) is -3.47. The van der Waals surface area contributed by atoms with E-state index in [4.69, 9.17) is 0 Å². The summed E-state index contributed by atoms with van der Waals surface area (Å²) >= 11 is 0. The molecule has 1 heterocycles. The van der Waals surface area contributed by atoms with E-state index in [1.807, 2.05) is 72.5 Å². The normalized spacial score (nSPS) is 17.5. The van der Waals surface area contributed by atoms with E-state index >= 15 is 0 Å². The van der Waals surface area contributed by atoms with E-state index in [1.165, 1.54) is 9.71 Å². The molecule has 6 nitrogen and oxygen atoms in total. The molecule has 0 aliphatic carbocycles.